The number of ether oxygens (including phenoxy) is 1. The molecule has 2 rings (SSSR count). The van der Waals surface area contributed by atoms with Crippen molar-refractivity contribution in [1.82, 2.24) is 25.3 Å². The summed E-state index contributed by atoms with van der Waals surface area (Å²) in [5.74, 6) is 0. The SMILES string of the molecule is CCNCc1cn(CCOCCc2scnc2C)nn1. The Labute approximate surface area is 123 Å². The second-order valence-corrected chi connectivity index (χ2v) is 5.42. The van der Waals surface area contributed by atoms with Crippen LogP contribution in [0.3, 0.4) is 0 Å². The molecule has 0 bridgehead atoms. The van der Waals surface area contributed by atoms with E-state index in [2.05, 4.69) is 27.5 Å². The topological polar surface area (TPSA) is 64.9 Å². The van der Waals surface area contributed by atoms with Crippen LogP contribution in [0.5, 0.6) is 0 Å². The second-order valence-electron chi connectivity index (χ2n) is 4.48. The van der Waals surface area contributed by atoms with E-state index in [0.29, 0.717) is 6.61 Å². The monoisotopic (exact) mass is 295 g/mol. The number of thiazole rings is 1. The van der Waals surface area contributed by atoms with E-state index in [1.54, 1.807) is 11.3 Å². The van der Waals surface area contributed by atoms with Crippen LogP contribution in [-0.2, 0) is 24.2 Å². The van der Waals surface area contributed by atoms with Gasteiger partial charge in [-0.1, -0.05) is 12.1 Å². The van der Waals surface area contributed by atoms with Crippen LogP contribution in [0.1, 0.15) is 23.2 Å². The molecule has 0 amide bonds. The molecule has 0 unspecified atom stereocenters. The first kappa shape index (κ1) is 15.1. The number of hydrogen-bond acceptors (Lipinski definition) is 6. The summed E-state index contributed by atoms with van der Waals surface area (Å²) in [5.41, 5.74) is 3.96. The van der Waals surface area contributed by atoms with Gasteiger partial charge >= 0.3 is 0 Å². The summed E-state index contributed by atoms with van der Waals surface area (Å²) in [7, 11) is 0. The fourth-order valence-electron chi connectivity index (χ4n) is 1.77. The zero-order valence-electron chi connectivity index (χ0n) is 12.0. The third-order valence-corrected chi connectivity index (χ3v) is 3.92. The van der Waals surface area contributed by atoms with Crippen LogP contribution >= 0.6 is 11.3 Å². The van der Waals surface area contributed by atoms with E-state index in [0.717, 1.165) is 44.0 Å². The smallest absolute Gasteiger partial charge is 0.0964 e. The van der Waals surface area contributed by atoms with Crippen molar-refractivity contribution >= 4 is 11.3 Å². The number of hydrogen-bond donors (Lipinski definition) is 1. The number of nitrogens with zero attached hydrogens (tertiary/aromatic N) is 4. The molecule has 0 aromatic carbocycles. The zero-order valence-corrected chi connectivity index (χ0v) is 12.8. The molecule has 6 nitrogen and oxygen atoms in total. The Morgan fingerprint density at radius 3 is 3.05 bits per heavy atom. The zero-order chi connectivity index (χ0) is 14.2. The van der Waals surface area contributed by atoms with Gasteiger partial charge in [0.2, 0.25) is 0 Å². The van der Waals surface area contributed by atoms with E-state index in [1.807, 2.05) is 23.3 Å². The third kappa shape index (κ3) is 4.66. The molecule has 0 saturated heterocycles. The standard InChI is InChI=1S/C13H21N5OS/c1-3-14-8-12-9-18(17-16-12)5-7-19-6-4-13-11(2)15-10-20-13/h9-10,14H,3-8H2,1-2H3. The molecule has 0 fully saturated rings. The molecule has 0 aliphatic heterocycles. The Morgan fingerprint density at radius 1 is 1.40 bits per heavy atom. The molecule has 2 aromatic rings. The summed E-state index contributed by atoms with van der Waals surface area (Å²) in [6.07, 6.45) is 2.89. The Morgan fingerprint density at radius 2 is 2.30 bits per heavy atom. The Bertz CT molecular complexity index is 510. The van der Waals surface area contributed by atoms with Crippen molar-refractivity contribution in [2.45, 2.75) is 33.4 Å². The first-order chi connectivity index (χ1) is 9.79. The van der Waals surface area contributed by atoms with Gasteiger partial charge in [-0.2, -0.15) is 0 Å². The Hall–Kier alpha value is -1.31. The van der Waals surface area contributed by atoms with E-state index in [4.69, 9.17) is 4.74 Å². The molecule has 0 atom stereocenters. The molecule has 0 spiro atoms. The maximum atomic E-state index is 5.63. The van der Waals surface area contributed by atoms with Gasteiger partial charge < -0.3 is 10.1 Å². The summed E-state index contributed by atoms with van der Waals surface area (Å²) >= 11 is 1.69. The van der Waals surface area contributed by atoms with Crippen LogP contribution in [0.4, 0.5) is 0 Å². The first-order valence-electron chi connectivity index (χ1n) is 6.86. The highest BCUT2D eigenvalue weighted by atomic mass is 32.1. The lowest BCUT2D eigenvalue weighted by molar-refractivity contribution is 0.126. The minimum absolute atomic E-state index is 0.655. The molecule has 20 heavy (non-hydrogen) atoms. The van der Waals surface area contributed by atoms with Gasteiger partial charge in [0.05, 0.1) is 36.7 Å². The predicted molar refractivity (Wildman–Crippen MR) is 78.8 cm³/mol. The first-order valence-corrected chi connectivity index (χ1v) is 7.74. The fraction of sp³-hybridized carbons (Fsp3) is 0.615. The van der Waals surface area contributed by atoms with Gasteiger partial charge in [-0.3, -0.25) is 0 Å². The quantitative estimate of drug-likeness (QED) is 0.709. The number of aryl methyl sites for hydroxylation is 1. The lowest BCUT2D eigenvalue weighted by atomic mass is 10.3. The van der Waals surface area contributed by atoms with Crippen LogP contribution in [0.25, 0.3) is 0 Å². The average molecular weight is 295 g/mol. The van der Waals surface area contributed by atoms with Crippen LogP contribution in [0, 0.1) is 6.92 Å². The molecule has 1 N–H and O–H groups in total. The van der Waals surface area contributed by atoms with Gasteiger partial charge in [-0.15, -0.1) is 16.4 Å². The molecule has 110 valence electrons. The molecule has 0 aliphatic carbocycles. The molecule has 0 radical (unpaired) electrons. The lowest BCUT2D eigenvalue weighted by Gasteiger charge is -2.03. The third-order valence-electron chi connectivity index (χ3n) is 2.93. The minimum Gasteiger partial charge on any atom is -0.379 e. The highest BCUT2D eigenvalue weighted by Gasteiger charge is 2.02. The van der Waals surface area contributed by atoms with E-state index in [9.17, 15) is 0 Å². The number of aromatic nitrogens is 4. The van der Waals surface area contributed by atoms with Gasteiger partial charge in [0.25, 0.3) is 0 Å². The van der Waals surface area contributed by atoms with E-state index in [1.165, 1.54) is 4.88 Å². The highest BCUT2D eigenvalue weighted by molar-refractivity contribution is 7.09. The van der Waals surface area contributed by atoms with Crippen molar-refractivity contribution in [1.29, 1.82) is 0 Å². The van der Waals surface area contributed by atoms with Crippen LogP contribution in [0.2, 0.25) is 0 Å². The minimum atomic E-state index is 0.655. The summed E-state index contributed by atoms with van der Waals surface area (Å²) in [5, 5.41) is 11.4. The van der Waals surface area contributed by atoms with E-state index in [-0.39, 0.29) is 0 Å². The van der Waals surface area contributed by atoms with Crippen LogP contribution in [0.15, 0.2) is 11.7 Å². The second kappa shape index (κ2) is 8.08. The number of nitrogens with one attached hydrogen (secondary N) is 1. The van der Waals surface area contributed by atoms with Gasteiger partial charge in [-0.25, -0.2) is 9.67 Å². The van der Waals surface area contributed by atoms with E-state index >= 15 is 0 Å². The largest absolute Gasteiger partial charge is 0.379 e. The Kier molecular flexibility index (Phi) is 6.10. The van der Waals surface area contributed by atoms with Gasteiger partial charge in [0, 0.05) is 24.0 Å². The lowest BCUT2D eigenvalue weighted by Crippen LogP contribution is -2.12. The molecule has 0 saturated carbocycles. The number of rotatable bonds is 9. The predicted octanol–water partition coefficient (Wildman–Crippen LogP) is 1.41. The van der Waals surface area contributed by atoms with Gasteiger partial charge in [0.1, 0.15) is 0 Å². The molecular formula is C13H21N5OS. The highest BCUT2D eigenvalue weighted by Crippen LogP contribution is 2.12. The summed E-state index contributed by atoms with van der Waals surface area (Å²) in [6.45, 7) is 7.93. The van der Waals surface area contributed by atoms with Crippen molar-refractivity contribution in [3.8, 4) is 0 Å². The maximum Gasteiger partial charge on any atom is 0.0964 e. The van der Waals surface area contributed by atoms with Crippen LogP contribution in [-0.4, -0.2) is 39.7 Å². The normalized spacial score (nSPS) is 11.1. The van der Waals surface area contributed by atoms with Crippen molar-refractivity contribution in [3.63, 3.8) is 0 Å². The van der Waals surface area contributed by atoms with Crippen molar-refractivity contribution in [3.05, 3.63) is 28.0 Å². The van der Waals surface area contributed by atoms with Crippen molar-refractivity contribution < 1.29 is 4.74 Å². The summed E-state index contributed by atoms with van der Waals surface area (Å²) < 4.78 is 7.45. The maximum absolute atomic E-state index is 5.63. The molecule has 2 aromatic heterocycles. The summed E-state index contributed by atoms with van der Waals surface area (Å²) in [6, 6.07) is 0. The molecular weight excluding hydrogens is 274 g/mol. The van der Waals surface area contributed by atoms with Gasteiger partial charge in [-0.05, 0) is 13.5 Å². The molecule has 7 heteroatoms. The van der Waals surface area contributed by atoms with Crippen LogP contribution < -0.4 is 5.32 Å². The molecule has 2 heterocycles. The summed E-state index contributed by atoms with van der Waals surface area (Å²) in [4.78, 5) is 5.53. The average Bonchev–Trinajstić information content (AvgIpc) is 3.06. The fourth-order valence-corrected chi connectivity index (χ4v) is 2.54. The Balaban J connectivity index is 1.61. The van der Waals surface area contributed by atoms with Crippen molar-refractivity contribution in [2.75, 3.05) is 19.8 Å². The van der Waals surface area contributed by atoms with Crippen molar-refractivity contribution in [2.24, 2.45) is 0 Å². The van der Waals surface area contributed by atoms with E-state index < -0.39 is 0 Å². The van der Waals surface area contributed by atoms with Gasteiger partial charge in [0.15, 0.2) is 0 Å². The molecule has 0 aliphatic rings.